The first-order chi connectivity index (χ1) is 19.9. The number of nitrogens with one attached hydrogen (secondary N) is 2. The van der Waals surface area contributed by atoms with Crippen molar-refractivity contribution in [3.05, 3.63) is 71.3 Å². The van der Waals surface area contributed by atoms with Gasteiger partial charge in [0.05, 0.1) is 12.3 Å². The molecule has 0 aliphatic carbocycles. The molecule has 11 nitrogen and oxygen atoms in total. The Labute approximate surface area is 245 Å². The molecule has 2 aromatic rings. The Morgan fingerprint density at radius 2 is 1.76 bits per heavy atom. The average Bonchev–Trinajstić information content (AvgIpc) is 3.20. The van der Waals surface area contributed by atoms with Crippen molar-refractivity contribution < 1.29 is 29.4 Å². The fourth-order valence-electron chi connectivity index (χ4n) is 5.75. The van der Waals surface area contributed by atoms with Gasteiger partial charge in [-0.1, -0.05) is 54.6 Å². The van der Waals surface area contributed by atoms with Gasteiger partial charge in [-0.2, -0.15) is 5.10 Å². The summed E-state index contributed by atoms with van der Waals surface area (Å²) < 4.78 is 0. The van der Waals surface area contributed by atoms with E-state index in [-0.39, 0.29) is 25.0 Å². The lowest BCUT2D eigenvalue weighted by molar-refractivity contribution is -0.142. The molecule has 2 aromatic carbocycles. The van der Waals surface area contributed by atoms with Crippen LogP contribution in [0.1, 0.15) is 49.8 Å². The van der Waals surface area contributed by atoms with Crippen molar-refractivity contribution in [2.45, 2.75) is 64.1 Å². The van der Waals surface area contributed by atoms with Crippen molar-refractivity contribution in [3.63, 3.8) is 0 Å². The first-order valence-electron chi connectivity index (χ1n) is 14.1. The number of aliphatic hydroxyl groups is 1. The summed E-state index contributed by atoms with van der Waals surface area (Å²) in [7, 11) is 1.62. The minimum atomic E-state index is -1.47. The number of aryl methyl sites for hydroxylation is 1. The first-order valence-corrected chi connectivity index (χ1v) is 14.1. The van der Waals surface area contributed by atoms with E-state index in [1.54, 1.807) is 11.9 Å². The first kappa shape index (κ1) is 30.7. The molecular weight excluding hydrogens is 538 g/mol. The summed E-state index contributed by atoms with van der Waals surface area (Å²) in [6.07, 6.45) is 0.936. The number of aliphatic hydroxyl groups excluding tert-OH is 1. The van der Waals surface area contributed by atoms with Crippen molar-refractivity contribution in [1.29, 1.82) is 0 Å². The van der Waals surface area contributed by atoms with Crippen molar-refractivity contribution in [3.8, 4) is 0 Å². The van der Waals surface area contributed by atoms with Crippen LogP contribution in [0.5, 0.6) is 0 Å². The molecule has 42 heavy (non-hydrogen) atoms. The summed E-state index contributed by atoms with van der Waals surface area (Å²) in [5.41, 5.74) is 1.02. The van der Waals surface area contributed by atoms with Crippen LogP contribution in [0.2, 0.25) is 0 Å². The molecule has 2 aliphatic heterocycles. The summed E-state index contributed by atoms with van der Waals surface area (Å²) in [4.78, 5) is 53.7. The second kappa shape index (κ2) is 12.7. The highest BCUT2D eigenvalue weighted by Crippen LogP contribution is 2.38. The molecule has 224 valence electrons. The monoisotopic (exact) mass is 577 g/mol. The van der Waals surface area contributed by atoms with Crippen LogP contribution in [-0.4, -0.2) is 81.4 Å². The molecule has 2 aliphatic rings. The molecule has 11 heteroatoms. The van der Waals surface area contributed by atoms with Crippen LogP contribution in [0.4, 0.5) is 4.79 Å². The zero-order chi connectivity index (χ0) is 30.5. The molecule has 0 unspecified atom stereocenters. The van der Waals surface area contributed by atoms with Crippen LogP contribution in [0.3, 0.4) is 0 Å². The van der Waals surface area contributed by atoms with Crippen LogP contribution in [0.15, 0.2) is 59.7 Å². The molecule has 2 heterocycles. The lowest BCUT2D eigenvalue weighted by Crippen LogP contribution is -2.61. The van der Waals surface area contributed by atoms with E-state index in [0.29, 0.717) is 38.6 Å². The second-order valence-corrected chi connectivity index (χ2v) is 11.6. The number of carbonyl (C=O) groups excluding carboxylic acids is 3. The number of carboxylic acid groups (broad SMARTS) is 1. The normalized spacial score (nSPS) is 19.1. The third-order valence-corrected chi connectivity index (χ3v) is 7.99. The summed E-state index contributed by atoms with van der Waals surface area (Å²) in [6, 6.07) is 16.2. The topological polar surface area (TPSA) is 152 Å². The number of rotatable bonds is 11. The number of likely N-dealkylation sites (tertiary alicyclic amines) is 1. The van der Waals surface area contributed by atoms with Crippen LogP contribution < -0.4 is 10.6 Å². The van der Waals surface area contributed by atoms with Crippen molar-refractivity contribution in [2.24, 2.45) is 10.5 Å². The Bertz CT molecular complexity index is 1360. The summed E-state index contributed by atoms with van der Waals surface area (Å²) in [6.45, 7) is 3.27. The van der Waals surface area contributed by atoms with Gasteiger partial charge in [0.2, 0.25) is 11.8 Å². The number of fused-ring (bicyclic) bond motifs is 1. The number of nitrogens with zero attached hydrogens (tertiary/aromatic N) is 3. The van der Waals surface area contributed by atoms with E-state index in [9.17, 15) is 29.4 Å². The smallest absolute Gasteiger partial charge is 0.405 e. The van der Waals surface area contributed by atoms with Crippen molar-refractivity contribution in [1.82, 2.24) is 20.5 Å². The molecule has 1 saturated heterocycles. The van der Waals surface area contributed by atoms with Crippen LogP contribution in [-0.2, 0) is 33.8 Å². The molecule has 4 rings (SSSR count). The van der Waals surface area contributed by atoms with E-state index in [2.05, 4.69) is 15.7 Å². The van der Waals surface area contributed by atoms with Crippen molar-refractivity contribution in [2.75, 3.05) is 20.1 Å². The zero-order valence-corrected chi connectivity index (χ0v) is 24.3. The molecule has 0 bridgehead atoms. The van der Waals surface area contributed by atoms with Crippen molar-refractivity contribution >= 4 is 29.5 Å². The van der Waals surface area contributed by atoms with Gasteiger partial charge in [0.1, 0.15) is 17.0 Å². The Kier molecular flexibility index (Phi) is 9.30. The Balaban J connectivity index is 1.56. The fraction of sp³-hybridized carbons (Fsp3) is 0.452. The largest absolute Gasteiger partial charge is 0.465 e. The Hall–Kier alpha value is -4.25. The second-order valence-electron chi connectivity index (χ2n) is 11.6. The quantitative estimate of drug-likeness (QED) is 0.322. The number of hydrogen-bond donors (Lipinski definition) is 4. The van der Waals surface area contributed by atoms with E-state index in [1.165, 1.54) is 18.9 Å². The third kappa shape index (κ3) is 6.79. The molecule has 4 N–H and O–H groups in total. The zero-order valence-electron chi connectivity index (χ0n) is 24.3. The highest BCUT2D eigenvalue weighted by molar-refractivity contribution is 6.13. The van der Waals surface area contributed by atoms with E-state index >= 15 is 0 Å². The maximum absolute atomic E-state index is 14.1. The molecule has 2 atom stereocenters. The number of piperidine rings is 1. The molecule has 4 amide bonds. The number of benzene rings is 2. The van der Waals surface area contributed by atoms with Gasteiger partial charge in [-0.15, -0.1) is 0 Å². The maximum atomic E-state index is 14.1. The summed E-state index contributed by atoms with van der Waals surface area (Å²) >= 11 is 0. The van der Waals surface area contributed by atoms with Gasteiger partial charge in [0.15, 0.2) is 0 Å². The minimum absolute atomic E-state index is 0.0738. The summed E-state index contributed by atoms with van der Waals surface area (Å²) in [5, 5.41) is 29.5. The van der Waals surface area contributed by atoms with E-state index < -0.39 is 29.0 Å². The highest BCUT2D eigenvalue weighted by atomic mass is 16.4. The average molecular weight is 578 g/mol. The molecule has 0 spiro atoms. The fourth-order valence-corrected chi connectivity index (χ4v) is 5.75. The lowest BCUT2D eigenvalue weighted by Gasteiger charge is -2.41. The number of amides is 4. The van der Waals surface area contributed by atoms with Crippen LogP contribution in [0.25, 0.3) is 0 Å². The third-order valence-electron chi connectivity index (χ3n) is 7.99. The molecule has 0 radical (unpaired) electrons. The molecular formula is C31H39N5O6. The molecule has 1 fully saturated rings. The minimum Gasteiger partial charge on any atom is -0.465 e. The molecule has 0 aromatic heterocycles. The van der Waals surface area contributed by atoms with Gasteiger partial charge >= 0.3 is 6.09 Å². The highest BCUT2D eigenvalue weighted by Gasteiger charge is 2.54. The van der Waals surface area contributed by atoms with Gasteiger partial charge < -0.3 is 25.7 Å². The van der Waals surface area contributed by atoms with Gasteiger partial charge in [-0.05, 0) is 56.2 Å². The lowest BCUT2D eigenvalue weighted by atomic mass is 9.73. The Morgan fingerprint density at radius 1 is 1.07 bits per heavy atom. The van der Waals surface area contributed by atoms with Gasteiger partial charge in [0.25, 0.3) is 5.91 Å². The maximum Gasteiger partial charge on any atom is 0.405 e. The van der Waals surface area contributed by atoms with Crippen LogP contribution in [0, 0.1) is 5.41 Å². The van der Waals surface area contributed by atoms with Gasteiger partial charge in [0, 0.05) is 26.6 Å². The van der Waals surface area contributed by atoms with E-state index in [0.717, 1.165) is 22.4 Å². The summed E-state index contributed by atoms with van der Waals surface area (Å²) in [5.74, 6) is -1.12. The van der Waals surface area contributed by atoms with E-state index in [1.807, 2.05) is 54.6 Å². The van der Waals surface area contributed by atoms with Gasteiger partial charge in [-0.3, -0.25) is 14.4 Å². The number of hydrogen-bond acceptors (Lipinski definition) is 6. The number of hydrazone groups is 1. The Morgan fingerprint density at radius 3 is 2.45 bits per heavy atom. The number of carbonyl (C=O) groups is 4. The van der Waals surface area contributed by atoms with Crippen LogP contribution >= 0.6 is 0 Å². The van der Waals surface area contributed by atoms with Gasteiger partial charge in [-0.25, -0.2) is 9.80 Å². The predicted octanol–water partition coefficient (Wildman–Crippen LogP) is 2.32. The SMILES string of the molecule is CN1N=C2CCN(C(=O)[C@@H](CCCc3cccc(CO)c3)NC(=O)C(C)(C)NC(=O)O)C[C@@]2(Cc2ccccc2)C1=O. The van der Waals surface area contributed by atoms with E-state index in [4.69, 9.17) is 0 Å². The standard InChI is InChI=1S/C31H39N5O6/c1-30(2,33-29(41)42)27(39)32-24(14-8-12-21-11-7-13-23(17-21)19-37)26(38)36-16-15-25-31(20-36,28(40)35(3)34-25)18-22-9-5-4-6-10-22/h4-7,9-11,13,17,24,33,37H,8,12,14-16,18-20H2,1-3H3,(H,32,39)(H,41,42)/t24-,31-/m1/s1. The predicted molar refractivity (Wildman–Crippen MR) is 156 cm³/mol. The molecule has 0 saturated carbocycles.